The Kier molecular flexibility index (Phi) is 3.21. The Labute approximate surface area is 90.7 Å². The smallest absolute Gasteiger partial charge is 0.213 e. The van der Waals surface area contributed by atoms with E-state index in [1.165, 1.54) is 12.8 Å². The molecule has 2 N–H and O–H groups in total. The van der Waals surface area contributed by atoms with Crippen molar-refractivity contribution in [3.05, 3.63) is 23.9 Å². The first-order valence-corrected chi connectivity index (χ1v) is 5.64. The molecular formula is C12H18N2O. The van der Waals surface area contributed by atoms with Gasteiger partial charge in [0.2, 0.25) is 5.88 Å². The van der Waals surface area contributed by atoms with E-state index in [0.29, 0.717) is 6.10 Å². The molecule has 1 saturated carbocycles. The summed E-state index contributed by atoms with van der Waals surface area (Å²) in [5.41, 5.74) is 6.89. The van der Waals surface area contributed by atoms with E-state index >= 15 is 0 Å². The van der Waals surface area contributed by atoms with Crippen LogP contribution in [0.1, 0.15) is 44.2 Å². The summed E-state index contributed by atoms with van der Waals surface area (Å²) in [7, 11) is 0. The van der Waals surface area contributed by atoms with Gasteiger partial charge >= 0.3 is 0 Å². The standard InChI is InChI=1S/C12H18N2O/c1-9(13)10-6-7-14-12(8-10)15-11-4-2-3-5-11/h6-9,11H,2-5,13H2,1H3/t9-/m1/s1. The molecular weight excluding hydrogens is 188 g/mol. The van der Waals surface area contributed by atoms with Crippen LogP contribution in [0.5, 0.6) is 5.88 Å². The highest BCUT2D eigenvalue weighted by molar-refractivity contribution is 5.23. The van der Waals surface area contributed by atoms with Crippen molar-refractivity contribution < 1.29 is 4.74 Å². The number of hydrogen-bond donors (Lipinski definition) is 1. The van der Waals surface area contributed by atoms with Gasteiger partial charge in [0.05, 0.1) is 0 Å². The number of hydrogen-bond acceptors (Lipinski definition) is 3. The van der Waals surface area contributed by atoms with Crippen LogP contribution in [0, 0.1) is 0 Å². The molecule has 1 aromatic heterocycles. The molecule has 0 saturated heterocycles. The lowest BCUT2D eigenvalue weighted by atomic mass is 10.1. The maximum absolute atomic E-state index is 5.81. The largest absolute Gasteiger partial charge is 0.474 e. The molecule has 1 heterocycles. The second kappa shape index (κ2) is 4.62. The zero-order chi connectivity index (χ0) is 10.7. The van der Waals surface area contributed by atoms with Crippen LogP contribution < -0.4 is 10.5 Å². The molecule has 0 radical (unpaired) electrons. The van der Waals surface area contributed by atoms with Crippen LogP contribution in [0.3, 0.4) is 0 Å². The highest BCUT2D eigenvalue weighted by atomic mass is 16.5. The number of nitrogens with zero attached hydrogens (tertiary/aromatic N) is 1. The van der Waals surface area contributed by atoms with Crippen molar-refractivity contribution in [1.29, 1.82) is 0 Å². The lowest BCUT2D eigenvalue weighted by Gasteiger charge is -2.13. The number of aromatic nitrogens is 1. The lowest BCUT2D eigenvalue weighted by Crippen LogP contribution is -2.12. The number of ether oxygens (including phenoxy) is 1. The molecule has 82 valence electrons. The Morgan fingerprint density at radius 1 is 1.47 bits per heavy atom. The van der Waals surface area contributed by atoms with Gasteiger partial charge in [-0.3, -0.25) is 0 Å². The molecule has 1 fully saturated rings. The average Bonchev–Trinajstić information content (AvgIpc) is 2.71. The molecule has 3 nitrogen and oxygen atoms in total. The van der Waals surface area contributed by atoms with Gasteiger partial charge in [-0.15, -0.1) is 0 Å². The summed E-state index contributed by atoms with van der Waals surface area (Å²) in [4.78, 5) is 4.21. The minimum Gasteiger partial charge on any atom is -0.474 e. The quantitative estimate of drug-likeness (QED) is 0.826. The fourth-order valence-corrected chi connectivity index (χ4v) is 1.95. The number of pyridine rings is 1. The third-order valence-corrected chi connectivity index (χ3v) is 2.87. The van der Waals surface area contributed by atoms with E-state index in [1.54, 1.807) is 6.20 Å². The molecule has 0 unspecified atom stereocenters. The van der Waals surface area contributed by atoms with Crippen LogP contribution >= 0.6 is 0 Å². The first kappa shape index (κ1) is 10.4. The predicted octanol–water partition coefficient (Wildman–Crippen LogP) is 2.42. The molecule has 0 amide bonds. The Morgan fingerprint density at radius 2 is 2.20 bits per heavy atom. The fourth-order valence-electron chi connectivity index (χ4n) is 1.95. The van der Waals surface area contributed by atoms with Crippen LogP contribution in [0.2, 0.25) is 0 Å². The Morgan fingerprint density at radius 3 is 2.87 bits per heavy atom. The first-order chi connectivity index (χ1) is 7.25. The van der Waals surface area contributed by atoms with Gasteiger partial charge in [-0.25, -0.2) is 4.98 Å². The van der Waals surface area contributed by atoms with E-state index in [9.17, 15) is 0 Å². The molecule has 1 aliphatic carbocycles. The maximum atomic E-state index is 5.81. The van der Waals surface area contributed by atoms with E-state index in [0.717, 1.165) is 24.3 Å². The summed E-state index contributed by atoms with van der Waals surface area (Å²) in [6, 6.07) is 3.92. The zero-order valence-corrected chi connectivity index (χ0v) is 9.15. The van der Waals surface area contributed by atoms with Gasteiger partial charge in [-0.05, 0) is 44.2 Å². The van der Waals surface area contributed by atoms with E-state index in [4.69, 9.17) is 10.5 Å². The molecule has 1 atom stereocenters. The minimum atomic E-state index is 0.0407. The monoisotopic (exact) mass is 206 g/mol. The normalized spacial score (nSPS) is 19.1. The van der Waals surface area contributed by atoms with Crippen molar-refractivity contribution in [2.24, 2.45) is 5.73 Å². The van der Waals surface area contributed by atoms with Crippen molar-refractivity contribution in [3.8, 4) is 5.88 Å². The highest BCUT2D eigenvalue weighted by Crippen LogP contribution is 2.23. The summed E-state index contributed by atoms with van der Waals surface area (Å²) in [6.07, 6.45) is 6.99. The molecule has 1 aromatic rings. The van der Waals surface area contributed by atoms with Gasteiger partial charge in [0.1, 0.15) is 6.10 Å². The third kappa shape index (κ3) is 2.69. The van der Waals surface area contributed by atoms with Gasteiger partial charge in [-0.2, -0.15) is 0 Å². The third-order valence-electron chi connectivity index (χ3n) is 2.87. The van der Waals surface area contributed by atoms with Crippen molar-refractivity contribution in [2.75, 3.05) is 0 Å². The topological polar surface area (TPSA) is 48.1 Å². The van der Waals surface area contributed by atoms with Crippen LogP contribution in [-0.2, 0) is 0 Å². The Hall–Kier alpha value is -1.09. The molecule has 3 heteroatoms. The average molecular weight is 206 g/mol. The summed E-state index contributed by atoms with van der Waals surface area (Å²) in [5, 5.41) is 0. The second-order valence-electron chi connectivity index (χ2n) is 4.24. The van der Waals surface area contributed by atoms with Gasteiger partial charge in [0.15, 0.2) is 0 Å². The van der Waals surface area contributed by atoms with Gasteiger partial charge in [-0.1, -0.05) is 0 Å². The fraction of sp³-hybridized carbons (Fsp3) is 0.583. The van der Waals surface area contributed by atoms with Gasteiger partial charge < -0.3 is 10.5 Å². The molecule has 15 heavy (non-hydrogen) atoms. The van der Waals surface area contributed by atoms with Crippen LogP contribution in [0.25, 0.3) is 0 Å². The molecule has 1 aliphatic rings. The molecule has 0 spiro atoms. The zero-order valence-electron chi connectivity index (χ0n) is 9.15. The lowest BCUT2D eigenvalue weighted by molar-refractivity contribution is 0.201. The molecule has 0 bridgehead atoms. The maximum Gasteiger partial charge on any atom is 0.213 e. The molecule has 0 aromatic carbocycles. The van der Waals surface area contributed by atoms with Gasteiger partial charge in [0.25, 0.3) is 0 Å². The van der Waals surface area contributed by atoms with E-state index in [1.807, 2.05) is 19.1 Å². The van der Waals surface area contributed by atoms with Crippen LogP contribution in [0.4, 0.5) is 0 Å². The van der Waals surface area contributed by atoms with Crippen LogP contribution in [-0.4, -0.2) is 11.1 Å². The predicted molar refractivity (Wildman–Crippen MR) is 59.7 cm³/mol. The summed E-state index contributed by atoms with van der Waals surface area (Å²) in [5.74, 6) is 0.719. The second-order valence-corrected chi connectivity index (χ2v) is 4.24. The Balaban J connectivity index is 2.04. The van der Waals surface area contributed by atoms with E-state index < -0.39 is 0 Å². The van der Waals surface area contributed by atoms with Crippen molar-refractivity contribution in [3.63, 3.8) is 0 Å². The van der Waals surface area contributed by atoms with E-state index in [-0.39, 0.29) is 6.04 Å². The van der Waals surface area contributed by atoms with E-state index in [2.05, 4.69) is 4.98 Å². The first-order valence-electron chi connectivity index (χ1n) is 5.64. The van der Waals surface area contributed by atoms with Gasteiger partial charge in [0, 0.05) is 18.3 Å². The molecule has 2 rings (SSSR count). The van der Waals surface area contributed by atoms with Crippen LogP contribution in [0.15, 0.2) is 18.3 Å². The number of nitrogens with two attached hydrogens (primary N) is 1. The number of rotatable bonds is 3. The SMILES string of the molecule is C[C@@H](N)c1ccnc(OC2CCCC2)c1. The summed E-state index contributed by atoms with van der Waals surface area (Å²) >= 11 is 0. The summed E-state index contributed by atoms with van der Waals surface area (Å²) < 4.78 is 5.80. The molecule has 0 aliphatic heterocycles. The Bertz CT molecular complexity index is 319. The highest BCUT2D eigenvalue weighted by Gasteiger charge is 2.17. The van der Waals surface area contributed by atoms with Crippen molar-refractivity contribution in [2.45, 2.75) is 44.8 Å². The van der Waals surface area contributed by atoms with Crippen molar-refractivity contribution in [1.82, 2.24) is 4.98 Å². The minimum absolute atomic E-state index is 0.0407. The van der Waals surface area contributed by atoms with Crippen molar-refractivity contribution >= 4 is 0 Å². The summed E-state index contributed by atoms with van der Waals surface area (Å²) in [6.45, 7) is 1.97.